The van der Waals surface area contributed by atoms with Gasteiger partial charge in [0.2, 0.25) is 0 Å². The molecule has 1 aliphatic heterocycles. The van der Waals surface area contributed by atoms with Crippen molar-refractivity contribution in [3.05, 3.63) is 105 Å². The van der Waals surface area contributed by atoms with Crippen molar-refractivity contribution in [2.75, 3.05) is 32.8 Å². The highest BCUT2D eigenvalue weighted by Gasteiger charge is 2.32. The molecule has 1 aliphatic rings. The molecule has 274 valence electrons. The third-order valence-corrected chi connectivity index (χ3v) is 9.97. The average Bonchev–Trinajstić information content (AvgIpc) is 3.57. The summed E-state index contributed by atoms with van der Waals surface area (Å²) < 4.78 is 18.7. The van der Waals surface area contributed by atoms with Gasteiger partial charge in [0.1, 0.15) is 42.1 Å². The van der Waals surface area contributed by atoms with Gasteiger partial charge in [0.15, 0.2) is 0 Å². The Labute approximate surface area is 310 Å². The van der Waals surface area contributed by atoms with E-state index in [-0.39, 0.29) is 19.8 Å². The molecule has 1 fully saturated rings. The van der Waals surface area contributed by atoms with Crippen molar-refractivity contribution < 1.29 is 29.2 Å². The molecule has 0 amide bonds. The number of rotatable bonds is 17. The van der Waals surface area contributed by atoms with Gasteiger partial charge in [-0.3, -0.25) is 15.1 Å². The lowest BCUT2D eigenvalue weighted by molar-refractivity contribution is -0.145. The minimum atomic E-state index is -1.58. The highest BCUT2D eigenvalue weighted by Crippen LogP contribution is 2.36. The van der Waals surface area contributed by atoms with Gasteiger partial charge in [-0.1, -0.05) is 48.9 Å². The zero-order chi connectivity index (χ0) is 37.3. The van der Waals surface area contributed by atoms with Crippen LogP contribution in [0.15, 0.2) is 67.0 Å². The summed E-state index contributed by atoms with van der Waals surface area (Å²) in [5.41, 5.74) is 5.38. The van der Waals surface area contributed by atoms with Crippen molar-refractivity contribution in [3.63, 3.8) is 0 Å². The lowest BCUT2D eigenvalue weighted by Crippen LogP contribution is -2.52. The molecule has 52 heavy (non-hydrogen) atoms. The maximum absolute atomic E-state index is 11.8. The SMILES string of the molecule is Cc1c(COc2cc(OCc3cncc(C#N)c3)c(CN[C@@](C)(CO)C(=O)O)cc2Cl)cccc1-c1cccc(OCCCN2CC[C@@H](C)C2)c1C. The highest BCUT2D eigenvalue weighted by atomic mass is 35.5. The molecule has 1 aromatic heterocycles. The minimum Gasteiger partial charge on any atom is -0.493 e. The number of aromatic nitrogens is 1. The van der Waals surface area contributed by atoms with E-state index in [9.17, 15) is 20.3 Å². The molecule has 1 saturated heterocycles. The number of hydrogen-bond acceptors (Lipinski definition) is 9. The maximum atomic E-state index is 11.8. The number of hydrogen-bond donors (Lipinski definition) is 3. The number of nitrogens with zero attached hydrogens (tertiary/aromatic N) is 3. The van der Waals surface area contributed by atoms with E-state index in [1.54, 1.807) is 24.4 Å². The monoisotopic (exact) mass is 726 g/mol. The number of carbonyl (C=O) groups is 1. The molecule has 0 unspecified atom stereocenters. The second kappa shape index (κ2) is 17.7. The molecule has 4 aromatic rings. The maximum Gasteiger partial charge on any atom is 0.326 e. The molecular formula is C41H47ClN4O6. The fraction of sp³-hybridized carbons (Fsp3) is 0.390. The predicted octanol–water partition coefficient (Wildman–Crippen LogP) is 7.08. The number of halogens is 1. The van der Waals surface area contributed by atoms with Gasteiger partial charge in [-0.2, -0.15) is 5.26 Å². The molecule has 0 saturated carbocycles. The van der Waals surface area contributed by atoms with E-state index < -0.39 is 18.1 Å². The summed E-state index contributed by atoms with van der Waals surface area (Å²) in [5.74, 6) is 1.25. The summed E-state index contributed by atoms with van der Waals surface area (Å²) in [6, 6.07) is 19.4. The molecule has 0 bridgehead atoms. The van der Waals surface area contributed by atoms with Gasteiger partial charge in [-0.05, 0) is 92.1 Å². The van der Waals surface area contributed by atoms with Crippen molar-refractivity contribution in [1.29, 1.82) is 5.26 Å². The Morgan fingerprint density at radius 2 is 1.77 bits per heavy atom. The summed E-state index contributed by atoms with van der Waals surface area (Å²) >= 11 is 6.73. The second-order valence-electron chi connectivity index (χ2n) is 13.7. The molecule has 2 atom stereocenters. The first-order chi connectivity index (χ1) is 25.0. The van der Waals surface area contributed by atoms with Crippen LogP contribution >= 0.6 is 11.6 Å². The van der Waals surface area contributed by atoms with Gasteiger partial charge >= 0.3 is 5.97 Å². The molecule has 0 radical (unpaired) electrons. The number of ether oxygens (including phenoxy) is 3. The quantitative estimate of drug-likeness (QED) is 0.0968. The Morgan fingerprint density at radius 3 is 2.48 bits per heavy atom. The number of aliphatic hydroxyl groups is 1. The number of nitrogens with one attached hydrogen (secondary N) is 1. The van der Waals surface area contributed by atoms with E-state index in [4.69, 9.17) is 25.8 Å². The first kappa shape index (κ1) is 38.6. The molecule has 10 nitrogen and oxygen atoms in total. The van der Waals surface area contributed by atoms with E-state index in [0.29, 0.717) is 39.8 Å². The van der Waals surface area contributed by atoms with Crippen LogP contribution in [0, 0.1) is 31.1 Å². The first-order valence-corrected chi connectivity index (χ1v) is 17.9. The van der Waals surface area contributed by atoms with E-state index in [1.165, 1.54) is 32.6 Å². The number of pyridine rings is 1. The van der Waals surface area contributed by atoms with Crippen LogP contribution in [0.5, 0.6) is 17.2 Å². The van der Waals surface area contributed by atoms with Crippen LogP contribution in [0.3, 0.4) is 0 Å². The summed E-state index contributed by atoms with van der Waals surface area (Å²) in [7, 11) is 0. The summed E-state index contributed by atoms with van der Waals surface area (Å²) in [6.07, 6.45) is 5.34. The van der Waals surface area contributed by atoms with Gasteiger partial charge in [0.05, 0.1) is 23.8 Å². The standard InChI is InChI=1S/C41H47ClN4O6/c1-27-12-14-46(23-27)13-7-15-50-37-11-6-10-35(29(37)3)34-9-5-8-32(28(34)2)25-52-39-18-38(51-24-31-16-30(19-43)20-44-21-31)33(17-36(39)42)22-45-41(4,26-47)40(48)49/h5-6,8-11,16-18,20-21,27,45,47H,7,12-15,22-26H2,1-4H3,(H,48,49)/t27-,41+/m1/s1. The van der Waals surface area contributed by atoms with Crippen LogP contribution in [0.25, 0.3) is 11.1 Å². The Kier molecular flexibility index (Phi) is 13.1. The Balaban J connectivity index is 1.32. The van der Waals surface area contributed by atoms with Gasteiger partial charge in [-0.25, -0.2) is 0 Å². The highest BCUT2D eigenvalue weighted by molar-refractivity contribution is 6.32. The zero-order valence-electron chi connectivity index (χ0n) is 30.2. The normalized spacial score (nSPS) is 15.5. The van der Waals surface area contributed by atoms with Crippen LogP contribution in [0.1, 0.15) is 60.1 Å². The van der Waals surface area contributed by atoms with Crippen molar-refractivity contribution in [2.45, 2.75) is 65.8 Å². The summed E-state index contributed by atoms with van der Waals surface area (Å²) in [5, 5.41) is 31.9. The van der Waals surface area contributed by atoms with Crippen LogP contribution in [0.4, 0.5) is 0 Å². The number of likely N-dealkylation sites (tertiary alicyclic amines) is 1. The fourth-order valence-electron chi connectivity index (χ4n) is 6.29. The van der Waals surface area contributed by atoms with Crippen LogP contribution < -0.4 is 19.5 Å². The first-order valence-electron chi connectivity index (χ1n) is 17.6. The van der Waals surface area contributed by atoms with Crippen molar-refractivity contribution >= 4 is 17.6 Å². The van der Waals surface area contributed by atoms with Gasteiger partial charge in [0, 0.05) is 49.2 Å². The molecule has 11 heteroatoms. The van der Waals surface area contributed by atoms with Crippen molar-refractivity contribution in [3.8, 4) is 34.4 Å². The number of aliphatic hydroxyl groups excluding tert-OH is 1. The van der Waals surface area contributed by atoms with Crippen molar-refractivity contribution in [2.24, 2.45) is 5.92 Å². The second-order valence-corrected chi connectivity index (χ2v) is 14.1. The number of benzene rings is 3. The van der Waals surface area contributed by atoms with Crippen LogP contribution in [0.2, 0.25) is 5.02 Å². The molecule has 3 aromatic carbocycles. The Morgan fingerprint density at radius 1 is 1.02 bits per heavy atom. The third-order valence-electron chi connectivity index (χ3n) is 9.68. The van der Waals surface area contributed by atoms with E-state index in [1.807, 2.05) is 24.3 Å². The molecule has 0 spiro atoms. The third kappa shape index (κ3) is 9.60. The van der Waals surface area contributed by atoms with Crippen molar-refractivity contribution in [1.82, 2.24) is 15.2 Å². The van der Waals surface area contributed by atoms with E-state index >= 15 is 0 Å². The minimum absolute atomic E-state index is 0.0379. The Bertz CT molecular complexity index is 1910. The van der Waals surface area contributed by atoms with E-state index in [2.05, 4.69) is 54.2 Å². The lowest BCUT2D eigenvalue weighted by atomic mass is 9.93. The van der Waals surface area contributed by atoms with Gasteiger partial charge in [-0.15, -0.1) is 0 Å². The zero-order valence-corrected chi connectivity index (χ0v) is 31.0. The fourth-order valence-corrected chi connectivity index (χ4v) is 6.53. The van der Waals surface area contributed by atoms with Gasteiger partial charge in [0.25, 0.3) is 0 Å². The topological polar surface area (TPSA) is 137 Å². The number of aliphatic carboxylic acids is 1. The summed E-state index contributed by atoms with van der Waals surface area (Å²) in [4.78, 5) is 18.4. The van der Waals surface area contributed by atoms with E-state index in [0.717, 1.165) is 52.5 Å². The lowest BCUT2D eigenvalue weighted by Gasteiger charge is -2.25. The number of carboxylic acids is 1. The molecule has 5 rings (SSSR count). The Hall–Kier alpha value is -4.66. The molecule has 2 heterocycles. The largest absolute Gasteiger partial charge is 0.493 e. The smallest absolute Gasteiger partial charge is 0.326 e. The number of nitriles is 1. The molecule has 3 N–H and O–H groups in total. The van der Waals surface area contributed by atoms with Crippen LogP contribution in [-0.2, 0) is 24.6 Å². The summed E-state index contributed by atoms with van der Waals surface area (Å²) in [6.45, 7) is 11.7. The van der Waals surface area contributed by atoms with Crippen LogP contribution in [-0.4, -0.2) is 64.5 Å². The molecule has 0 aliphatic carbocycles. The predicted molar refractivity (Wildman–Crippen MR) is 201 cm³/mol. The van der Waals surface area contributed by atoms with Gasteiger partial charge < -0.3 is 29.3 Å². The average molecular weight is 727 g/mol. The molecular weight excluding hydrogens is 680 g/mol. The number of carboxylic acid groups (broad SMARTS) is 1.